The van der Waals surface area contributed by atoms with Gasteiger partial charge in [0.05, 0.1) is 6.10 Å². The van der Waals surface area contributed by atoms with Crippen LogP contribution in [0.4, 0.5) is 0 Å². The Balaban J connectivity index is 2.30. The van der Waals surface area contributed by atoms with E-state index in [-0.39, 0.29) is 6.10 Å². The first-order valence-electron chi connectivity index (χ1n) is 4.87. The van der Waals surface area contributed by atoms with Crippen LogP contribution in [0.2, 0.25) is 0 Å². The average Bonchev–Trinajstić information content (AvgIpc) is 2.16. The summed E-state index contributed by atoms with van der Waals surface area (Å²) in [6.45, 7) is 4.29. The quantitative estimate of drug-likeness (QED) is 0.810. The molecule has 3 heteroatoms. The highest BCUT2D eigenvalue weighted by Crippen LogP contribution is 2.13. The zero-order chi connectivity index (χ0) is 10.4. The molecule has 14 heavy (non-hydrogen) atoms. The summed E-state index contributed by atoms with van der Waals surface area (Å²) in [5.74, 6) is 0.806. The largest absolute Gasteiger partial charge is 0.392 e. The zero-order valence-corrected chi connectivity index (χ0v) is 9.50. The molecule has 0 aliphatic carbocycles. The van der Waals surface area contributed by atoms with Gasteiger partial charge in [-0.1, -0.05) is 13.8 Å². The lowest BCUT2D eigenvalue weighted by atomic mass is 10.1. The highest BCUT2D eigenvalue weighted by Gasteiger charge is 2.06. The zero-order valence-electron chi connectivity index (χ0n) is 8.68. The Kier molecular flexibility index (Phi) is 4.98. The van der Waals surface area contributed by atoms with Crippen LogP contribution >= 0.6 is 11.8 Å². The van der Waals surface area contributed by atoms with E-state index in [9.17, 15) is 5.11 Å². The molecule has 0 saturated heterocycles. The highest BCUT2D eigenvalue weighted by atomic mass is 32.2. The van der Waals surface area contributed by atoms with Crippen LogP contribution in [0.15, 0.2) is 24.5 Å². The summed E-state index contributed by atoms with van der Waals surface area (Å²) in [7, 11) is 0. The van der Waals surface area contributed by atoms with Crippen molar-refractivity contribution >= 4 is 11.8 Å². The van der Waals surface area contributed by atoms with Crippen LogP contribution in [0, 0.1) is 0 Å². The van der Waals surface area contributed by atoms with E-state index in [2.05, 4.69) is 18.8 Å². The molecule has 78 valence electrons. The summed E-state index contributed by atoms with van der Waals surface area (Å²) >= 11 is 1.79. The van der Waals surface area contributed by atoms with Gasteiger partial charge < -0.3 is 5.11 Å². The van der Waals surface area contributed by atoms with E-state index in [0.29, 0.717) is 5.25 Å². The second-order valence-corrected chi connectivity index (χ2v) is 5.20. The van der Waals surface area contributed by atoms with Gasteiger partial charge in [0.15, 0.2) is 0 Å². The Morgan fingerprint density at radius 1 is 1.36 bits per heavy atom. The number of thioether (sulfide) groups is 1. The number of pyridine rings is 1. The molecule has 0 aliphatic rings. The van der Waals surface area contributed by atoms with Crippen LogP contribution in [0.5, 0.6) is 0 Å². The maximum atomic E-state index is 9.71. The average molecular weight is 211 g/mol. The summed E-state index contributed by atoms with van der Waals surface area (Å²) in [6, 6.07) is 3.90. The van der Waals surface area contributed by atoms with E-state index in [1.54, 1.807) is 24.2 Å². The maximum Gasteiger partial charge on any atom is 0.0671 e. The van der Waals surface area contributed by atoms with Crippen LogP contribution in [0.1, 0.15) is 19.4 Å². The lowest BCUT2D eigenvalue weighted by Gasteiger charge is -2.11. The van der Waals surface area contributed by atoms with Crippen LogP contribution in [0.25, 0.3) is 0 Å². The summed E-state index contributed by atoms with van der Waals surface area (Å²) in [4.78, 5) is 3.94. The van der Waals surface area contributed by atoms with E-state index in [1.807, 2.05) is 12.1 Å². The molecule has 1 aromatic heterocycles. The standard InChI is InChI=1S/C11H17NOS/c1-9(2)14-8-11(13)7-10-3-5-12-6-4-10/h3-6,9,11,13H,7-8H2,1-2H3. The van der Waals surface area contributed by atoms with E-state index >= 15 is 0 Å². The van der Waals surface area contributed by atoms with E-state index in [1.165, 1.54) is 0 Å². The van der Waals surface area contributed by atoms with Gasteiger partial charge in [0.2, 0.25) is 0 Å². The van der Waals surface area contributed by atoms with Gasteiger partial charge in [-0.15, -0.1) is 0 Å². The van der Waals surface area contributed by atoms with Crippen LogP contribution < -0.4 is 0 Å². The molecule has 0 fully saturated rings. The first-order chi connectivity index (χ1) is 6.68. The number of hydrogen-bond donors (Lipinski definition) is 1. The normalized spacial score (nSPS) is 13.1. The maximum absolute atomic E-state index is 9.71. The summed E-state index contributed by atoms with van der Waals surface area (Å²) in [5, 5.41) is 10.3. The molecular weight excluding hydrogens is 194 g/mol. The number of rotatable bonds is 5. The molecule has 0 bridgehead atoms. The third-order valence-corrected chi connectivity index (χ3v) is 3.09. The Labute approximate surface area is 89.8 Å². The molecule has 1 N–H and O–H groups in total. The summed E-state index contributed by atoms with van der Waals surface area (Å²) < 4.78 is 0. The van der Waals surface area contributed by atoms with Crippen LogP contribution in [-0.2, 0) is 6.42 Å². The van der Waals surface area contributed by atoms with Crippen molar-refractivity contribution in [2.24, 2.45) is 0 Å². The number of aliphatic hydroxyl groups excluding tert-OH is 1. The third kappa shape index (κ3) is 4.63. The fourth-order valence-corrected chi connectivity index (χ4v) is 1.88. The minimum Gasteiger partial charge on any atom is -0.392 e. The Morgan fingerprint density at radius 2 is 2.00 bits per heavy atom. The van der Waals surface area contributed by atoms with E-state index < -0.39 is 0 Å². The smallest absolute Gasteiger partial charge is 0.0671 e. The van der Waals surface area contributed by atoms with Gasteiger partial charge in [-0.2, -0.15) is 11.8 Å². The van der Waals surface area contributed by atoms with Crippen molar-refractivity contribution in [1.29, 1.82) is 0 Å². The van der Waals surface area contributed by atoms with Gasteiger partial charge in [0.1, 0.15) is 0 Å². The van der Waals surface area contributed by atoms with Crippen LogP contribution in [0.3, 0.4) is 0 Å². The first kappa shape index (κ1) is 11.5. The molecule has 1 atom stereocenters. The van der Waals surface area contributed by atoms with E-state index in [0.717, 1.165) is 17.7 Å². The second-order valence-electron chi connectivity index (χ2n) is 3.60. The molecule has 1 rings (SSSR count). The number of nitrogens with zero attached hydrogens (tertiary/aromatic N) is 1. The number of aliphatic hydroxyl groups is 1. The fourth-order valence-electron chi connectivity index (χ4n) is 1.15. The predicted molar refractivity (Wildman–Crippen MR) is 61.5 cm³/mol. The lowest BCUT2D eigenvalue weighted by molar-refractivity contribution is 0.200. The predicted octanol–water partition coefficient (Wildman–Crippen LogP) is 2.13. The molecule has 1 aromatic rings. The van der Waals surface area contributed by atoms with Crippen molar-refractivity contribution in [3.8, 4) is 0 Å². The molecule has 1 unspecified atom stereocenters. The molecule has 0 amide bonds. The van der Waals surface area contributed by atoms with E-state index in [4.69, 9.17) is 0 Å². The van der Waals surface area contributed by atoms with Gasteiger partial charge in [0, 0.05) is 18.1 Å². The van der Waals surface area contributed by atoms with Gasteiger partial charge in [-0.05, 0) is 29.4 Å². The van der Waals surface area contributed by atoms with Gasteiger partial charge in [-0.3, -0.25) is 4.98 Å². The molecule has 2 nitrogen and oxygen atoms in total. The Morgan fingerprint density at radius 3 is 2.57 bits per heavy atom. The third-order valence-electron chi connectivity index (χ3n) is 1.84. The SMILES string of the molecule is CC(C)SCC(O)Cc1ccncc1. The van der Waals surface area contributed by atoms with Crippen molar-refractivity contribution in [3.63, 3.8) is 0 Å². The molecule has 1 heterocycles. The van der Waals surface area contributed by atoms with Crippen molar-refractivity contribution in [2.75, 3.05) is 5.75 Å². The lowest BCUT2D eigenvalue weighted by Crippen LogP contribution is -2.14. The molecule has 0 spiro atoms. The molecule has 0 saturated carbocycles. The van der Waals surface area contributed by atoms with Crippen molar-refractivity contribution in [1.82, 2.24) is 4.98 Å². The number of aromatic nitrogens is 1. The monoisotopic (exact) mass is 211 g/mol. The minimum atomic E-state index is -0.246. The van der Waals surface area contributed by atoms with Gasteiger partial charge >= 0.3 is 0 Å². The Hall–Kier alpha value is -0.540. The minimum absolute atomic E-state index is 0.246. The fraction of sp³-hybridized carbons (Fsp3) is 0.545. The number of hydrogen-bond acceptors (Lipinski definition) is 3. The molecule has 0 aromatic carbocycles. The summed E-state index contributed by atoms with van der Waals surface area (Å²) in [5.41, 5.74) is 1.15. The topological polar surface area (TPSA) is 33.1 Å². The molecule has 0 aliphatic heterocycles. The first-order valence-corrected chi connectivity index (χ1v) is 5.92. The van der Waals surface area contributed by atoms with Gasteiger partial charge in [0.25, 0.3) is 0 Å². The van der Waals surface area contributed by atoms with Crippen LogP contribution in [-0.4, -0.2) is 27.2 Å². The molecule has 0 radical (unpaired) electrons. The van der Waals surface area contributed by atoms with Crippen molar-refractivity contribution < 1.29 is 5.11 Å². The second kappa shape index (κ2) is 6.04. The molecular formula is C11H17NOS. The van der Waals surface area contributed by atoms with Crippen molar-refractivity contribution in [3.05, 3.63) is 30.1 Å². The Bertz CT molecular complexity index is 251. The highest BCUT2D eigenvalue weighted by molar-refractivity contribution is 7.99. The summed E-state index contributed by atoms with van der Waals surface area (Å²) in [6.07, 6.45) is 4.00. The van der Waals surface area contributed by atoms with Crippen molar-refractivity contribution in [2.45, 2.75) is 31.6 Å². The van der Waals surface area contributed by atoms with Gasteiger partial charge in [-0.25, -0.2) is 0 Å².